The maximum absolute atomic E-state index is 13.1. The second kappa shape index (κ2) is 7.41. The molecular weight excluding hydrogens is 324 g/mol. The molecule has 0 bridgehead atoms. The molecule has 1 aliphatic heterocycles. The molecular formula is C19H17F2N3O. The Bertz CT molecular complexity index is 776. The Morgan fingerprint density at radius 3 is 1.96 bits per heavy atom. The lowest BCUT2D eigenvalue weighted by Crippen LogP contribution is -2.49. The minimum Gasteiger partial charge on any atom is -0.336 e. The Morgan fingerprint density at radius 1 is 0.920 bits per heavy atom. The molecule has 1 heterocycles. The summed E-state index contributed by atoms with van der Waals surface area (Å²) in [6, 6.07) is 13.2. The zero-order valence-corrected chi connectivity index (χ0v) is 13.5. The van der Waals surface area contributed by atoms with Crippen LogP contribution in [0, 0.1) is 23.0 Å². The van der Waals surface area contributed by atoms with E-state index < -0.39 is 6.04 Å². The molecule has 0 N–H and O–H groups in total. The summed E-state index contributed by atoms with van der Waals surface area (Å²) in [5, 5.41) is 9.48. The maximum atomic E-state index is 13.1. The summed E-state index contributed by atoms with van der Waals surface area (Å²) < 4.78 is 26.0. The van der Waals surface area contributed by atoms with E-state index in [4.69, 9.17) is 0 Å². The zero-order valence-electron chi connectivity index (χ0n) is 13.5. The third-order valence-corrected chi connectivity index (χ3v) is 4.37. The minimum atomic E-state index is -0.469. The van der Waals surface area contributed by atoms with Gasteiger partial charge in [-0.05, 0) is 42.0 Å². The SMILES string of the molecule is N#CC(c1ccc(F)cc1)N1CCN(C(=O)c2ccc(F)cc2)CC1. The van der Waals surface area contributed by atoms with Gasteiger partial charge in [0.25, 0.3) is 5.91 Å². The molecule has 2 aromatic rings. The number of nitrogens with zero attached hydrogens (tertiary/aromatic N) is 3. The predicted octanol–water partition coefficient (Wildman–Crippen LogP) is 2.99. The Morgan fingerprint density at radius 2 is 1.44 bits per heavy atom. The number of hydrogen-bond acceptors (Lipinski definition) is 3. The van der Waals surface area contributed by atoms with Gasteiger partial charge in [0.05, 0.1) is 6.07 Å². The quantitative estimate of drug-likeness (QED) is 0.862. The summed E-state index contributed by atoms with van der Waals surface area (Å²) in [5.41, 5.74) is 1.19. The van der Waals surface area contributed by atoms with E-state index in [2.05, 4.69) is 6.07 Å². The van der Waals surface area contributed by atoms with E-state index in [1.165, 1.54) is 36.4 Å². The van der Waals surface area contributed by atoms with E-state index in [1.54, 1.807) is 17.0 Å². The molecule has 128 valence electrons. The molecule has 0 aromatic heterocycles. The Labute approximate surface area is 144 Å². The Balaban J connectivity index is 1.64. The van der Waals surface area contributed by atoms with E-state index >= 15 is 0 Å². The molecule has 1 unspecified atom stereocenters. The number of piperazine rings is 1. The van der Waals surface area contributed by atoms with E-state index in [0.717, 1.165) is 5.56 Å². The Hall–Kier alpha value is -2.78. The van der Waals surface area contributed by atoms with Gasteiger partial charge in [-0.1, -0.05) is 12.1 Å². The molecule has 3 rings (SSSR count). The van der Waals surface area contributed by atoms with Crippen molar-refractivity contribution in [3.63, 3.8) is 0 Å². The topological polar surface area (TPSA) is 47.3 Å². The molecule has 0 aliphatic carbocycles. The lowest BCUT2D eigenvalue weighted by Gasteiger charge is -2.37. The van der Waals surface area contributed by atoms with Gasteiger partial charge < -0.3 is 4.90 Å². The maximum Gasteiger partial charge on any atom is 0.253 e. The van der Waals surface area contributed by atoms with E-state index in [0.29, 0.717) is 31.7 Å². The first-order valence-electron chi connectivity index (χ1n) is 8.02. The fraction of sp³-hybridized carbons (Fsp3) is 0.263. The van der Waals surface area contributed by atoms with Crippen molar-refractivity contribution in [3.8, 4) is 6.07 Å². The van der Waals surface area contributed by atoms with Crippen LogP contribution in [0.2, 0.25) is 0 Å². The molecule has 4 nitrogen and oxygen atoms in total. The molecule has 1 atom stereocenters. The first kappa shape index (κ1) is 17.1. The number of carbonyl (C=O) groups excluding carboxylic acids is 1. The van der Waals surface area contributed by atoms with Crippen molar-refractivity contribution >= 4 is 5.91 Å². The highest BCUT2D eigenvalue weighted by atomic mass is 19.1. The number of carbonyl (C=O) groups is 1. The fourth-order valence-corrected chi connectivity index (χ4v) is 2.97. The van der Waals surface area contributed by atoms with Crippen molar-refractivity contribution in [2.75, 3.05) is 26.2 Å². The fourth-order valence-electron chi connectivity index (χ4n) is 2.97. The number of hydrogen-bond donors (Lipinski definition) is 0. The predicted molar refractivity (Wildman–Crippen MR) is 88.6 cm³/mol. The third-order valence-electron chi connectivity index (χ3n) is 4.37. The average molecular weight is 341 g/mol. The van der Waals surface area contributed by atoms with Crippen molar-refractivity contribution in [3.05, 3.63) is 71.3 Å². The first-order chi connectivity index (χ1) is 12.1. The van der Waals surface area contributed by atoms with Gasteiger partial charge in [-0.15, -0.1) is 0 Å². The van der Waals surface area contributed by atoms with Gasteiger partial charge in [-0.2, -0.15) is 5.26 Å². The standard InChI is InChI=1S/C19H17F2N3O/c20-16-5-1-14(2-6-16)18(13-22)23-9-11-24(12-10-23)19(25)15-3-7-17(21)8-4-15/h1-8,18H,9-12H2. The first-order valence-corrected chi connectivity index (χ1v) is 8.02. The smallest absolute Gasteiger partial charge is 0.253 e. The summed E-state index contributed by atoms with van der Waals surface area (Å²) in [7, 11) is 0. The molecule has 2 aromatic carbocycles. The molecule has 0 saturated carbocycles. The summed E-state index contributed by atoms with van der Waals surface area (Å²) in [6.07, 6.45) is 0. The number of benzene rings is 2. The van der Waals surface area contributed by atoms with Gasteiger partial charge >= 0.3 is 0 Å². The third kappa shape index (κ3) is 3.83. The van der Waals surface area contributed by atoms with Crippen molar-refractivity contribution in [1.29, 1.82) is 5.26 Å². The van der Waals surface area contributed by atoms with Gasteiger partial charge in [0.15, 0.2) is 0 Å². The summed E-state index contributed by atoms with van der Waals surface area (Å²) >= 11 is 0. The summed E-state index contributed by atoms with van der Waals surface area (Å²) in [6.45, 7) is 2.05. The van der Waals surface area contributed by atoms with Crippen LogP contribution >= 0.6 is 0 Å². The van der Waals surface area contributed by atoms with Crippen molar-refractivity contribution in [1.82, 2.24) is 9.80 Å². The minimum absolute atomic E-state index is 0.144. The summed E-state index contributed by atoms with van der Waals surface area (Å²) in [5.74, 6) is -0.859. The Kier molecular flexibility index (Phi) is 5.05. The van der Waals surface area contributed by atoms with Gasteiger partial charge in [0.1, 0.15) is 17.7 Å². The molecule has 0 radical (unpaired) electrons. The molecule has 1 fully saturated rings. The van der Waals surface area contributed by atoms with Gasteiger partial charge in [-0.25, -0.2) is 8.78 Å². The monoisotopic (exact) mass is 341 g/mol. The highest BCUT2D eigenvalue weighted by Gasteiger charge is 2.27. The van der Waals surface area contributed by atoms with Gasteiger partial charge in [0, 0.05) is 31.7 Å². The van der Waals surface area contributed by atoms with E-state index in [9.17, 15) is 18.8 Å². The second-order valence-electron chi connectivity index (χ2n) is 5.92. The number of nitriles is 1. The average Bonchev–Trinajstić information content (AvgIpc) is 2.64. The lowest BCUT2D eigenvalue weighted by atomic mass is 10.1. The normalized spacial score (nSPS) is 16.3. The van der Waals surface area contributed by atoms with Gasteiger partial charge in [-0.3, -0.25) is 9.69 Å². The molecule has 0 spiro atoms. The van der Waals surface area contributed by atoms with Crippen molar-refractivity contribution in [2.24, 2.45) is 0 Å². The van der Waals surface area contributed by atoms with Crippen molar-refractivity contribution in [2.45, 2.75) is 6.04 Å². The van der Waals surface area contributed by atoms with Crippen LogP contribution in [-0.2, 0) is 0 Å². The van der Waals surface area contributed by atoms with Crippen LogP contribution in [0.1, 0.15) is 22.0 Å². The summed E-state index contributed by atoms with van der Waals surface area (Å²) in [4.78, 5) is 16.1. The largest absolute Gasteiger partial charge is 0.336 e. The molecule has 1 saturated heterocycles. The van der Waals surface area contributed by atoms with E-state index in [1.807, 2.05) is 4.90 Å². The van der Waals surface area contributed by atoms with Crippen LogP contribution in [0.5, 0.6) is 0 Å². The molecule has 6 heteroatoms. The number of amides is 1. The number of halogens is 2. The second-order valence-corrected chi connectivity index (χ2v) is 5.92. The molecule has 1 aliphatic rings. The number of rotatable bonds is 3. The molecule has 1 amide bonds. The zero-order chi connectivity index (χ0) is 17.8. The van der Waals surface area contributed by atoms with Crippen LogP contribution in [0.15, 0.2) is 48.5 Å². The van der Waals surface area contributed by atoms with Crippen LogP contribution in [0.3, 0.4) is 0 Å². The lowest BCUT2D eigenvalue weighted by molar-refractivity contribution is 0.0606. The van der Waals surface area contributed by atoms with Crippen LogP contribution in [0.25, 0.3) is 0 Å². The van der Waals surface area contributed by atoms with Crippen LogP contribution < -0.4 is 0 Å². The highest BCUT2D eigenvalue weighted by Crippen LogP contribution is 2.22. The van der Waals surface area contributed by atoms with Gasteiger partial charge in [0.2, 0.25) is 0 Å². The molecule has 25 heavy (non-hydrogen) atoms. The van der Waals surface area contributed by atoms with Crippen molar-refractivity contribution < 1.29 is 13.6 Å². The highest BCUT2D eigenvalue weighted by molar-refractivity contribution is 5.94. The van der Waals surface area contributed by atoms with E-state index in [-0.39, 0.29) is 17.5 Å². The van der Waals surface area contributed by atoms with Crippen LogP contribution in [0.4, 0.5) is 8.78 Å². The van der Waals surface area contributed by atoms with Crippen LogP contribution in [-0.4, -0.2) is 41.9 Å².